The number of ether oxygens (including phenoxy) is 1. The number of sulfonamides is 1. The molecule has 0 aliphatic carbocycles. The Bertz CT molecular complexity index is 1240. The van der Waals surface area contributed by atoms with E-state index in [0.29, 0.717) is 47.0 Å². The van der Waals surface area contributed by atoms with Crippen LogP contribution in [-0.4, -0.2) is 31.7 Å². The van der Waals surface area contributed by atoms with Crippen molar-refractivity contribution in [1.82, 2.24) is 4.31 Å². The molecule has 0 bridgehead atoms. The first-order valence-corrected chi connectivity index (χ1v) is 12.5. The second-order valence-corrected chi connectivity index (χ2v) is 10.3. The van der Waals surface area contributed by atoms with E-state index in [1.807, 2.05) is 61.5 Å². The van der Waals surface area contributed by atoms with E-state index in [1.54, 1.807) is 25.1 Å². The Morgan fingerprint density at radius 2 is 1.73 bits per heavy atom. The Balaban J connectivity index is 1.49. The summed E-state index contributed by atoms with van der Waals surface area (Å²) in [4.78, 5) is 13.4. The van der Waals surface area contributed by atoms with Gasteiger partial charge in [0.2, 0.25) is 15.9 Å². The smallest absolute Gasteiger partial charge is 0.243 e. The van der Waals surface area contributed by atoms with Gasteiger partial charge in [0.25, 0.3) is 0 Å². The third kappa shape index (κ3) is 5.26. The molecule has 7 heteroatoms. The third-order valence-corrected chi connectivity index (χ3v) is 7.84. The summed E-state index contributed by atoms with van der Waals surface area (Å²) in [6.07, 6.45) is 1.26. The van der Waals surface area contributed by atoms with E-state index >= 15 is 0 Å². The summed E-state index contributed by atoms with van der Waals surface area (Å²) in [6.45, 7) is 4.24. The van der Waals surface area contributed by atoms with Gasteiger partial charge in [0.15, 0.2) is 5.75 Å². The lowest BCUT2D eigenvalue weighted by molar-refractivity contribution is -0.120. The fraction of sp³-hybridized carbons (Fsp3) is 0.269. The molecule has 1 amide bonds. The number of carbonyl (C=O) groups excluding carboxylic acids is 1. The van der Waals surface area contributed by atoms with E-state index in [0.717, 1.165) is 5.56 Å². The van der Waals surface area contributed by atoms with Gasteiger partial charge in [-0.05, 0) is 68.1 Å². The molecule has 0 aromatic heterocycles. The molecule has 3 aromatic rings. The summed E-state index contributed by atoms with van der Waals surface area (Å²) in [5.74, 6) is 0.554. The van der Waals surface area contributed by atoms with Gasteiger partial charge < -0.3 is 10.1 Å². The maximum absolute atomic E-state index is 13.3. The number of aryl methyl sites for hydroxylation is 2. The van der Waals surface area contributed by atoms with E-state index in [2.05, 4.69) is 5.32 Å². The summed E-state index contributed by atoms with van der Waals surface area (Å²) in [5.41, 5.74) is 2.15. The van der Waals surface area contributed by atoms with Crippen LogP contribution in [0.2, 0.25) is 0 Å². The Kier molecular flexibility index (Phi) is 6.81. The first-order valence-electron chi connectivity index (χ1n) is 11.0. The molecular weight excluding hydrogens is 436 g/mol. The predicted molar refractivity (Wildman–Crippen MR) is 129 cm³/mol. The Morgan fingerprint density at radius 3 is 2.52 bits per heavy atom. The highest BCUT2D eigenvalue weighted by atomic mass is 32.2. The Hall–Kier alpha value is -3.16. The zero-order chi connectivity index (χ0) is 23.4. The number of para-hydroxylation sites is 3. The summed E-state index contributed by atoms with van der Waals surface area (Å²) < 4.78 is 34.0. The number of amides is 1. The molecule has 6 nitrogen and oxygen atoms in total. The van der Waals surface area contributed by atoms with Crippen molar-refractivity contribution in [2.24, 2.45) is 5.92 Å². The molecule has 1 saturated heterocycles. The first-order chi connectivity index (χ1) is 15.8. The standard InChI is InChI=1S/C26H28N2O4S/c1-19-14-15-20(2)25(17-19)33(30,31)28-16-8-9-21(18-28)26(29)27-23-12-6-7-13-24(23)32-22-10-4-3-5-11-22/h3-7,10-15,17,21H,8-9,16,18H2,1-2H3,(H,27,29)/t21-/m0/s1. The number of carbonyl (C=O) groups is 1. The lowest BCUT2D eigenvalue weighted by Crippen LogP contribution is -2.43. The molecule has 1 heterocycles. The molecule has 4 rings (SSSR count). The fourth-order valence-corrected chi connectivity index (χ4v) is 5.84. The number of benzene rings is 3. The zero-order valence-corrected chi connectivity index (χ0v) is 19.6. The van der Waals surface area contributed by atoms with Crippen molar-refractivity contribution in [3.05, 3.63) is 83.9 Å². The molecule has 3 aromatic carbocycles. The van der Waals surface area contributed by atoms with Crippen molar-refractivity contribution in [1.29, 1.82) is 0 Å². The van der Waals surface area contributed by atoms with Crippen LogP contribution < -0.4 is 10.1 Å². The molecule has 1 fully saturated rings. The summed E-state index contributed by atoms with van der Waals surface area (Å²) in [6, 6.07) is 22.0. The molecule has 1 atom stereocenters. The number of nitrogens with zero attached hydrogens (tertiary/aromatic N) is 1. The van der Waals surface area contributed by atoms with Crippen LogP contribution >= 0.6 is 0 Å². The third-order valence-electron chi connectivity index (χ3n) is 5.83. The predicted octanol–water partition coefficient (Wildman–Crippen LogP) is 5.14. The van der Waals surface area contributed by atoms with Crippen LogP contribution in [0.15, 0.2) is 77.7 Å². The topological polar surface area (TPSA) is 75.7 Å². The lowest BCUT2D eigenvalue weighted by atomic mass is 9.98. The highest BCUT2D eigenvalue weighted by molar-refractivity contribution is 7.89. The van der Waals surface area contributed by atoms with E-state index in [-0.39, 0.29) is 12.5 Å². The van der Waals surface area contributed by atoms with Gasteiger partial charge in [-0.15, -0.1) is 0 Å². The maximum atomic E-state index is 13.3. The summed E-state index contributed by atoms with van der Waals surface area (Å²) >= 11 is 0. The molecule has 1 aliphatic heterocycles. The monoisotopic (exact) mass is 464 g/mol. The number of rotatable bonds is 6. The zero-order valence-electron chi connectivity index (χ0n) is 18.8. The van der Waals surface area contributed by atoms with E-state index in [4.69, 9.17) is 4.74 Å². The molecular formula is C26H28N2O4S. The van der Waals surface area contributed by atoms with Gasteiger partial charge in [-0.25, -0.2) is 8.42 Å². The molecule has 1 N–H and O–H groups in total. The highest BCUT2D eigenvalue weighted by Crippen LogP contribution is 2.31. The number of piperidine rings is 1. The van der Waals surface area contributed by atoms with Gasteiger partial charge in [-0.2, -0.15) is 4.31 Å². The van der Waals surface area contributed by atoms with E-state index < -0.39 is 15.9 Å². The van der Waals surface area contributed by atoms with Gasteiger partial charge in [0.05, 0.1) is 16.5 Å². The van der Waals surface area contributed by atoms with Gasteiger partial charge in [0, 0.05) is 13.1 Å². The minimum atomic E-state index is -3.67. The summed E-state index contributed by atoms with van der Waals surface area (Å²) in [5, 5.41) is 2.95. The van der Waals surface area contributed by atoms with Crippen LogP contribution in [0.3, 0.4) is 0 Å². The van der Waals surface area contributed by atoms with Gasteiger partial charge in [-0.1, -0.05) is 42.5 Å². The average molecular weight is 465 g/mol. The SMILES string of the molecule is Cc1ccc(C)c(S(=O)(=O)N2CCC[C@H](C(=O)Nc3ccccc3Oc3ccccc3)C2)c1. The molecule has 0 saturated carbocycles. The van der Waals surface area contributed by atoms with E-state index in [1.165, 1.54) is 4.31 Å². The first kappa shape index (κ1) is 23.0. The van der Waals surface area contributed by atoms with Crippen molar-refractivity contribution >= 4 is 21.6 Å². The number of anilines is 1. The van der Waals surface area contributed by atoms with Crippen LogP contribution in [0.4, 0.5) is 5.69 Å². The van der Waals surface area contributed by atoms with Crippen molar-refractivity contribution in [2.75, 3.05) is 18.4 Å². The number of hydrogen-bond acceptors (Lipinski definition) is 4. The van der Waals surface area contributed by atoms with Crippen molar-refractivity contribution in [2.45, 2.75) is 31.6 Å². The molecule has 0 unspecified atom stereocenters. The maximum Gasteiger partial charge on any atom is 0.243 e. The Labute approximate surface area is 195 Å². The van der Waals surface area contributed by atoms with Crippen LogP contribution in [0.5, 0.6) is 11.5 Å². The van der Waals surface area contributed by atoms with Crippen LogP contribution in [-0.2, 0) is 14.8 Å². The molecule has 0 spiro atoms. The van der Waals surface area contributed by atoms with Crippen molar-refractivity contribution in [3.63, 3.8) is 0 Å². The van der Waals surface area contributed by atoms with Gasteiger partial charge >= 0.3 is 0 Å². The van der Waals surface area contributed by atoms with Gasteiger partial charge in [0.1, 0.15) is 5.75 Å². The molecule has 0 radical (unpaired) electrons. The van der Waals surface area contributed by atoms with Crippen LogP contribution in [0.25, 0.3) is 0 Å². The van der Waals surface area contributed by atoms with Crippen molar-refractivity contribution in [3.8, 4) is 11.5 Å². The largest absolute Gasteiger partial charge is 0.455 e. The fourth-order valence-electron chi connectivity index (χ4n) is 4.01. The minimum absolute atomic E-state index is 0.156. The average Bonchev–Trinajstić information content (AvgIpc) is 2.82. The summed E-state index contributed by atoms with van der Waals surface area (Å²) in [7, 11) is -3.67. The molecule has 172 valence electrons. The quantitative estimate of drug-likeness (QED) is 0.548. The molecule has 1 aliphatic rings. The second kappa shape index (κ2) is 9.77. The van der Waals surface area contributed by atoms with Gasteiger partial charge in [-0.3, -0.25) is 4.79 Å². The minimum Gasteiger partial charge on any atom is -0.455 e. The Morgan fingerprint density at radius 1 is 1.00 bits per heavy atom. The second-order valence-electron chi connectivity index (χ2n) is 8.37. The van der Waals surface area contributed by atoms with E-state index in [9.17, 15) is 13.2 Å². The lowest BCUT2D eigenvalue weighted by Gasteiger charge is -2.31. The van der Waals surface area contributed by atoms with Crippen LogP contribution in [0.1, 0.15) is 24.0 Å². The van der Waals surface area contributed by atoms with Crippen LogP contribution in [0, 0.1) is 19.8 Å². The number of hydrogen-bond donors (Lipinski definition) is 1. The molecule has 33 heavy (non-hydrogen) atoms. The normalized spacial score (nSPS) is 16.8. The highest BCUT2D eigenvalue weighted by Gasteiger charge is 2.34. The van der Waals surface area contributed by atoms with Crippen molar-refractivity contribution < 1.29 is 17.9 Å². The number of nitrogens with one attached hydrogen (secondary N) is 1.